The predicted octanol–water partition coefficient (Wildman–Crippen LogP) is 3.28. The summed E-state index contributed by atoms with van der Waals surface area (Å²) in [7, 11) is 1.99. The van der Waals surface area contributed by atoms with E-state index in [-0.39, 0.29) is 6.61 Å². The summed E-state index contributed by atoms with van der Waals surface area (Å²) in [6, 6.07) is 12.1. The van der Waals surface area contributed by atoms with Crippen molar-refractivity contribution in [3.8, 4) is 17.2 Å². The molecule has 0 spiro atoms. The van der Waals surface area contributed by atoms with Crippen LogP contribution in [-0.2, 0) is 11.3 Å². The highest BCUT2D eigenvalue weighted by atomic mass is 16.5. The molecule has 1 saturated heterocycles. The normalized spacial score (nSPS) is 15.4. The molecule has 0 amide bonds. The van der Waals surface area contributed by atoms with Gasteiger partial charge in [0, 0.05) is 32.7 Å². The summed E-state index contributed by atoms with van der Waals surface area (Å²) >= 11 is 0. The molecule has 0 saturated carbocycles. The molecule has 1 fully saturated rings. The maximum atomic E-state index is 10.5. The number of nitrogens with zero attached hydrogens (tertiary/aromatic N) is 2. The fraction of sp³-hybridized carbons (Fsp3) is 0.556. The fourth-order valence-electron chi connectivity index (χ4n) is 4.08. The second-order valence-corrected chi connectivity index (χ2v) is 8.95. The van der Waals surface area contributed by atoms with E-state index < -0.39 is 6.10 Å². The molecule has 1 aliphatic rings. The molecule has 2 aromatic carbocycles. The van der Waals surface area contributed by atoms with Crippen molar-refractivity contribution in [1.82, 2.24) is 9.80 Å². The third kappa shape index (κ3) is 8.47. The molecule has 0 bridgehead atoms. The molecule has 34 heavy (non-hydrogen) atoms. The Bertz CT molecular complexity index is 885. The minimum absolute atomic E-state index is 0.258. The van der Waals surface area contributed by atoms with Crippen molar-refractivity contribution in [2.24, 2.45) is 0 Å². The van der Waals surface area contributed by atoms with Crippen LogP contribution < -0.4 is 14.2 Å². The first kappa shape index (κ1) is 26.3. The lowest BCUT2D eigenvalue weighted by Crippen LogP contribution is -2.38. The molecular weight excluding hydrogens is 432 g/mol. The Balaban J connectivity index is 1.47. The standard InChI is InChI=1S/C27H40N2O5/c1-5-32-27-17-23(7-9-26(27)33-15-12-29-10-13-31-14-11-29)18-28(4)19-24(30)20-34-25-8-6-21(2)16-22(25)3/h6-9,16-17,24,30H,5,10-15,18-20H2,1-4H3/t24-/m0/s1. The van der Waals surface area contributed by atoms with Crippen LogP contribution in [0.2, 0.25) is 0 Å². The van der Waals surface area contributed by atoms with Crippen LogP contribution in [-0.4, -0.2) is 87.3 Å². The SMILES string of the molecule is CCOc1cc(CN(C)C[C@H](O)COc2ccc(C)cc2C)ccc1OCCN1CCOCC1. The Labute approximate surface area is 204 Å². The summed E-state index contributed by atoms with van der Waals surface area (Å²) < 4.78 is 23.1. The molecule has 0 aromatic heterocycles. The predicted molar refractivity (Wildman–Crippen MR) is 134 cm³/mol. The van der Waals surface area contributed by atoms with Gasteiger partial charge in [-0.15, -0.1) is 0 Å². The lowest BCUT2D eigenvalue weighted by Gasteiger charge is -2.26. The second kappa shape index (κ2) is 13.5. The van der Waals surface area contributed by atoms with Crippen LogP contribution >= 0.6 is 0 Å². The van der Waals surface area contributed by atoms with Crippen LogP contribution in [0.1, 0.15) is 23.6 Å². The van der Waals surface area contributed by atoms with Gasteiger partial charge in [-0.2, -0.15) is 0 Å². The van der Waals surface area contributed by atoms with E-state index in [4.69, 9.17) is 18.9 Å². The van der Waals surface area contributed by atoms with Crippen molar-refractivity contribution in [1.29, 1.82) is 0 Å². The van der Waals surface area contributed by atoms with E-state index in [1.165, 1.54) is 5.56 Å². The number of benzene rings is 2. The molecule has 0 unspecified atom stereocenters. The molecule has 188 valence electrons. The number of aryl methyl sites for hydroxylation is 2. The third-order valence-corrected chi connectivity index (χ3v) is 5.81. The lowest BCUT2D eigenvalue weighted by molar-refractivity contribution is 0.0320. The first-order valence-electron chi connectivity index (χ1n) is 12.2. The first-order valence-corrected chi connectivity index (χ1v) is 12.2. The van der Waals surface area contributed by atoms with Crippen molar-refractivity contribution < 1.29 is 24.1 Å². The van der Waals surface area contributed by atoms with E-state index in [2.05, 4.69) is 28.9 Å². The second-order valence-electron chi connectivity index (χ2n) is 8.95. The zero-order valence-corrected chi connectivity index (χ0v) is 21.1. The number of ether oxygens (including phenoxy) is 4. The monoisotopic (exact) mass is 472 g/mol. The zero-order valence-electron chi connectivity index (χ0n) is 21.1. The van der Waals surface area contributed by atoms with E-state index in [1.807, 2.05) is 45.2 Å². The molecule has 1 atom stereocenters. The third-order valence-electron chi connectivity index (χ3n) is 5.81. The molecule has 0 aliphatic carbocycles. The molecule has 3 rings (SSSR count). The Hall–Kier alpha value is -2.32. The Kier molecular flexibility index (Phi) is 10.5. The van der Waals surface area contributed by atoms with Crippen LogP contribution in [0, 0.1) is 13.8 Å². The van der Waals surface area contributed by atoms with Gasteiger partial charge in [0.05, 0.1) is 19.8 Å². The van der Waals surface area contributed by atoms with Gasteiger partial charge in [0.15, 0.2) is 11.5 Å². The van der Waals surface area contributed by atoms with Crippen LogP contribution in [0.3, 0.4) is 0 Å². The van der Waals surface area contributed by atoms with E-state index in [1.54, 1.807) is 0 Å². The van der Waals surface area contributed by atoms with Gasteiger partial charge in [0.1, 0.15) is 25.1 Å². The molecule has 1 N–H and O–H groups in total. The van der Waals surface area contributed by atoms with Crippen molar-refractivity contribution in [2.45, 2.75) is 33.4 Å². The van der Waals surface area contributed by atoms with Gasteiger partial charge in [0.25, 0.3) is 0 Å². The van der Waals surface area contributed by atoms with Crippen LogP contribution in [0.5, 0.6) is 17.2 Å². The van der Waals surface area contributed by atoms with Crippen LogP contribution in [0.25, 0.3) is 0 Å². The van der Waals surface area contributed by atoms with Crippen molar-refractivity contribution >= 4 is 0 Å². The van der Waals surface area contributed by atoms with Crippen molar-refractivity contribution in [2.75, 3.05) is 66.3 Å². The highest BCUT2D eigenvalue weighted by molar-refractivity contribution is 5.43. The molecule has 7 nitrogen and oxygen atoms in total. The minimum atomic E-state index is -0.583. The number of rotatable bonds is 13. The quantitative estimate of drug-likeness (QED) is 0.480. The minimum Gasteiger partial charge on any atom is -0.491 e. The van der Waals surface area contributed by atoms with Crippen molar-refractivity contribution in [3.63, 3.8) is 0 Å². The average molecular weight is 473 g/mol. The average Bonchev–Trinajstić information content (AvgIpc) is 2.80. The van der Waals surface area contributed by atoms with Gasteiger partial charge in [-0.25, -0.2) is 0 Å². The van der Waals surface area contributed by atoms with Gasteiger partial charge in [-0.3, -0.25) is 9.80 Å². The number of hydrogen-bond acceptors (Lipinski definition) is 7. The molecule has 2 aromatic rings. The van der Waals surface area contributed by atoms with E-state index in [9.17, 15) is 5.11 Å². The molecular formula is C27H40N2O5. The molecule has 1 heterocycles. The Morgan fingerprint density at radius 2 is 1.76 bits per heavy atom. The molecule has 1 aliphatic heterocycles. The van der Waals surface area contributed by atoms with Gasteiger partial charge in [-0.1, -0.05) is 23.8 Å². The Morgan fingerprint density at radius 1 is 1.00 bits per heavy atom. The van der Waals surface area contributed by atoms with E-state index >= 15 is 0 Å². The smallest absolute Gasteiger partial charge is 0.161 e. The van der Waals surface area contributed by atoms with Gasteiger partial charge >= 0.3 is 0 Å². The summed E-state index contributed by atoms with van der Waals surface area (Å²) in [5.41, 5.74) is 3.38. The highest BCUT2D eigenvalue weighted by Gasteiger charge is 2.14. The summed E-state index contributed by atoms with van der Waals surface area (Å²) in [5, 5.41) is 10.5. The fourth-order valence-corrected chi connectivity index (χ4v) is 4.08. The number of aliphatic hydroxyl groups excluding tert-OH is 1. The summed E-state index contributed by atoms with van der Waals surface area (Å²) in [6.45, 7) is 13.1. The topological polar surface area (TPSA) is 63.6 Å². The number of morpholine rings is 1. The first-order chi connectivity index (χ1) is 16.4. The van der Waals surface area contributed by atoms with Crippen molar-refractivity contribution in [3.05, 3.63) is 53.1 Å². The largest absolute Gasteiger partial charge is 0.491 e. The summed E-state index contributed by atoms with van der Waals surface area (Å²) in [6.07, 6.45) is -0.583. The highest BCUT2D eigenvalue weighted by Crippen LogP contribution is 2.29. The number of likely N-dealkylation sites (N-methyl/N-ethyl adjacent to an activating group) is 1. The molecule has 7 heteroatoms. The lowest BCUT2D eigenvalue weighted by atomic mass is 10.1. The van der Waals surface area contributed by atoms with Crippen LogP contribution in [0.15, 0.2) is 36.4 Å². The molecule has 0 radical (unpaired) electrons. The van der Waals surface area contributed by atoms with Crippen LogP contribution in [0.4, 0.5) is 0 Å². The van der Waals surface area contributed by atoms with Gasteiger partial charge < -0.3 is 24.1 Å². The summed E-state index contributed by atoms with van der Waals surface area (Å²) in [5.74, 6) is 2.34. The van der Waals surface area contributed by atoms with Gasteiger partial charge in [-0.05, 0) is 57.1 Å². The van der Waals surface area contributed by atoms with Gasteiger partial charge in [0.2, 0.25) is 0 Å². The zero-order chi connectivity index (χ0) is 24.3. The van der Waals surface area contributed by atoms with E-state index in [0.717, 1.165) is 61.2 Å². The number of aliphatic hydroxyl groups is 1. The maximum absolute atomic E-state index is 10.5. The van der Waals surface area contributed by atoms with E-state index in [0.29, 0.717) is 26.3 Å². The Morgan fingerprint density at radius 3 is 2.50 bits per heavy atom. The maximum Gasteiger partial charge on any atom is 0.161 e. The number of hydrogen-bond donors (Lipinski definition) is 1. The summed E-state index contributed by atoms with van der Waals surface area (Å²) in [4.78, 5) is 4.43.